The highest BCUT2D eigenvalue weighted by Crippen LogP contribution is 2.18. The molecule has 0 spiro atoms. The van der Waals surface area contributed by atoms with Gasteiger partial charge >= 0.3 is 0 Å². The monoisotopic (exact) mass is 453 g/mol. The van der Waals surface area contributed by atoms with Gasteiger partial charge in [-0.3, -0.25) is 9.52 Å². The zero-order valence-electron chi connectivity index (χ0n) is 16.6. The predicted molar refractivity (Wildman–Crippen MR) is 125 cm³/mol. The SMILES string of the molecule is CC(=C/c1ccccc1)/C=N/NC(=O)c1ccc(NS(=O)(=O)c2ccc(Cl)cc2)cc1. The van der Waals surface area contributed by atoms with Gasteiger partial charge in [0.2, 0.25) is 0 Å². The van der Waals surface area contributed by atoms with Crippen LogP contribution in [0.5, 0.6) is 0 Å². The van der Waals surface area contributed by atoms with E-state index < -0.39 is 15.9 Å². The van der Waals surface area contributed by atoms with Gasteiger partial charge in [0, 0.05) is 16.3 Å². The maximum atomic E-state index is 12.4. The summed E-state index contributed by atoms with van der Waals surface area (Å²) in [6.07, 6.45) is 3.50. The first-order chi connectivity index (χ1) is 14.8. The lowest BCUT2D eigenvalue weighted by atomic mass is 10.1. The van der Waals surface area contributed by atoms with Crippen molar-refractivity contribution in [1.29, 1.82) is 0 Å². The van der Waals surface area contributed by atoms with Crippen molar-refractivity contribution in [3.05, 3.63) is 101 Å². The number of amides is 1. The van der Waals surface area contributed by atoms with Crippen molar-refractivity contribution in [2.24, 2.45) is 5.10 Å². The number of carbonyl (C=O) groups is 1. The summed E-state index contributed by atoms with van der Waals surface area (Å²) in [4.78, 5) is 12.3. The minimum atomic E-state index is -3.75. The molecule has 0 aliphatic carbocycles. The maximum Gasteiger partial charge on any atom is 0.271 e. The molecule has 0 aromatic heterocycles. The molecule has 3 rings (SSSR count). The van der Waals surface area contributed by atoms with Crippen molar-refractivity contribution in [2.45, 2.75) is 11.8 Å². The average molecular weight is 454 g/mol. The van der Waals surface area contributed by atoms with E-state index in [1.54, 1.807) is 6.21 Å². The summed E-state index contributed by atoms with van der Waals surface area (Å²) in [5.41, 5.74) is 5.04. The quantitative estimate of drug-likeness (QED) is 0.391. The molecule has 0 saturated heterocycles. The van der Waals surface area contributed by atoms with Crippen molar-refractivity contribution in [3.8, 4) is 0 Å². The number of benzene rings is 3. The van der Waals surface area contributed by atoms with Gasteiger partial charge in [-0.2, -0.15) is 5.10 Å². The molecule has 31 heavy (non-hydrogen) atoms. The van der Waals surface area contributed by atoms with Crippen LogP contribution in [0.25, 0.3) is 6.08 Å². The van der Waals surface area contributed by atoms with E-state index in [1.807, 2.05) is 43.3 Å². The first-order valence-electron chi connectivity index (χ1n) is 9.29. The van der Waals surface area contributed by atoms with E-state index in [0.29, 0.717) is 16.3 Å². The van der Waals surface area contributed by atoms with Crippen molar-refractivity contribution < 1.29 is 13.2 Å². The largest absolute Gasteiger partial charge is 0.280 e. The Hall–Kier alpha value is -3.42. The molecule has 0 radical (unpaired) electrons. The molecule has 158 valence electrons. The topological polar surface area (TPSA) is 87.6 Å². The molecular weight excluding hydrogens is 434 g/mol. The number of hydrogen-bond acceptors (Lipinski definition) is 4. The zero-order valence-corrected chi connectivity index (χ0v) is 18.2. The third kappa shape index (κ3) is 6.53. The highest BCUT2D eigenvalue weighted by atomic mass is 35.5. The Balaban J connectivity index is 1.60. The summed E-state index contributed by atoms with van der Waals surface area (Å²) >= 11 is 5.79. The fraction of sp³-hybridized carbons (Fsp3) is 0.0435. The number of allylic oxidation sites excluding steroid dienone is 1. The van der Waals surface area contributed by atoms with Gasteiger partial charge in [0.1, 0.15) is 0 Å². The van der Waals surface area contributed by atoms with Crippen LogP contribution in [0.15, 0.2) is 94.4 Å². The van der Waals surface area contributed by atoms with Gasteiger partial charge in [-0.25, -0.2) is 13.8 Å². The lowest BCUT2D eigenvalue weighted by Gasteiger charge is -2.08. The second-order valence-corrected chi connectivity index (χ2v) is 8.75. The Labute approximate surface area is 186 Å². The molecule has 2 N–H and O–H groups in total. The van der Waals surface area contributed by atoms with Gasteiger partial charge in [-0.15, -0.1) is 0 Å². The van der Waals surface area contributed by atoms with Gasteiger partial charge < -0.3 is 0 Å². The maximum absolute atomic E-state index is 12.4. The van der Waals surface area contributed by atoms with E-state index in [-0.39, 0.29) is 4.90 Å². The van der Waals surface area contributed by atoms with Crippen LogP contribution in [-0.2, 0) is 10.0 Å². The third-order valence-corrected chi connectivity index (χ3v) is 5.80. The number of rotatable bonds is 7. The lowest BCUT2D eigenvalue weighted by molar-refractivity contribution is 0.0955. The van der Waals surface area contributed by atoms with Crippen LogP contribution in [0.4, 0.5) is 5.69 Å². The van der Waals surface area contributed by atoms with Gasteiger partial charge in [0.25, 0.3) is 15.9 Å². The van der Waals surface area contributed by atoms with Crippen LogP contribution < -0.4 is 10.1 Å². The fourth-order valence-electron chi connectivity index (χ4n) is 2.62. The Kier molecular flexibility index (Phi) is 7.23. The zero-order chi connectivity index (χ0) is 22.3. The number of carbonyl (C=O) groups excluding carboxylic acids is 1. The van der Waals surface area contributed by atoms with Crippen LogP contribution in [-0.4, -0.2) is 20.5 Å². The molecule has 0 fully saturated rings. The molecule has 6 nitrogen and oxygen atoms in total. The molecule has 0 atom stereocenters. The summed E-state index contributed by atoms with van der Waals surface area (Å²) in [5, 5.41) is 4.40. The molecule has 3 aromatic rings. The smallest absolute Gasteiger partial charge is 0.271 e. The summed E-state index contributed by atoms with van der Waals surface area (Å²) in [6, 6.07) is 21.6. The first kappa shape index (κ1) is 22.3. The number of hydrogen-bond donors (Lipinski definition) is 2. The number of nitrogens with zero attached hydrogens (tertiary/aromatic N) is 1. The van der Waals surface area contributed by atoms with Gasteiger partial charge in [0.05, 0.1) is 11.1 Å². The summed E-state index contributed by atoms with van der Waals surface area (Å²) in [5.74, 6) is -0.407. The van der Waals surface area contributed by atoms with Crippen LogP contribution in [0.1, 0.15) is 22.8 Å². The minimum absolute atomic E-state index is 0.0898. The van der Waals surface area contributed by atoms with E-state index >= 15 is 0 Å². The summed E-state index contributed by atoms with van der Waals surface area (Å²) in [6.45, 7) is 1.88. The Morgan fingerprint density at radius 2 is 1.58 bits per heavy atom. The Bertz CT molecular complexity index is 1210. The van der Waals surface area contributed by atoms with Crippen molar-refractivity contribution in [3.63, 3.8) is 0 Å². The molecule has 0 aliphatic heterocycles. The van der Waals surface area contributed by atoms with Gasteiger partial charge in [-0.1, -0.05) is 48.0 Å². The van der Waals surface area contributed by atoms with Crippen LogP contribution in [0, 0.1) is 0 Å². The second-order valence-electron chi connectivity index (χ2n) is 6.63. The molecule has 0 unspecified atom stereocenters. The molecule has 0 bridgehead atoms. The van der Waals surface area contributed by atoms with E-state index in [0.717, 1.165) is 11.1 Å². The van der Waals surface area contributed by atoms with Crippen LogP contribution in [0.2, 0.25) is 5.02 Å². The summed E-state index contributed by atoms with van der Waals surface area (Å²) < 4.78 is 27.3. The second kappa shape index (κ2) is 10.1. The van der Waals surface area contributed by atoms with E-state index in [1.165, 1.54) is 48.5 Å². The average Bonchev–Trinajstić information content (AvgIpc) is 2.75. The van der Waals surface area contributed by atoms with Crippen LogP contribution in [0.3, 0.4) is 0 Å². The number of hydrazone groups is 1. The molecule has 0 aliphatic rings. The van der Waals surface area contributed by atoms with Gasteiger partial charge in [0.15, 0.2) is 0 Å². The Morgan fingerprint density at radius 3 is 2.23 bits per heavy atom. The number of halogens is 1. The van der Waals surface area contributed by atoms with Gasteiger partial charge in [-0.05, 0) is 66.6 Å². The predicted octanol–water partition coefficient (Wildman–Crippen LogP) is 4.96. The molecule has 0 heterocycles. The minimum Gasteiger partial charge on any atom is -0.280 e. The number of sulfonamides is 1. The molecule has 8 heteroatoms. The molecule has 0 saturated carbocycles. The van der Waals surface area contributed by atoms with Crippen molar-refractivity contribution in [1.82, 2.24) is 5.43 Å². The molecular formula is C23H20ClN3O3S. The highest BCUT2D eigenvalue weighted by molar-refractivity contribution is 7.92. The standard InChI is InChI=1S/C23H20ClN3O3S/c1-17(15-18-5-3-2-4-6-18)16-25-26-23(28)19-7-11-21(12-8-19)27-31(29,30)22-13-9-20(24)10-14-22/h2-16,27H,1H3,(H,26,28)/b17-15-,25-16+. The number of anilines is 1. The highest BCUT2D eigenvalue weighted by Gasteiger charge is 2.14. The fourth-order valence-corrected chi connectivity index (χ4v) is 3.81. The van der Waals surface area contributed by atoms with E-state index in [9.17, 15) is 13.2 Å². The lowest BCUT2D eigenvalue weighted by Crippen LogP contribution is -2.18. The van der Waals surface area contributed by atoms with E-state index in [4.69, 9.17) is 11.6 Å². The normalized spacial score (nSPS) is 12.0. The summed E-state index contributed by atoms with van der Waals surface area (Å²) in [7, 11) is -3.75. The number of nitrogens with one attached hydrogen (secondary N) is 2. The van der Waals surface area contributed by atoms with Crippen molar-refractivity contribution in [2.75, 3.05) is 4.72 Å². The van der Waals surface area contributed by atoms with Crippen molar-refractivity contribution >= 4 is 45.5 Å². The third-order valence-electron chi connectivity index (χ3n) is 4.15. The molecule has 1 amide bonds. The molecule has 3 aromatic carbocycles. The first-order valence-corrected chi connectivity index (χ1v) is 11.1. The Morgan fingerprint density at radius 1 is 0.935 bits per heavy atom. The van der Waals surface area contributed by atoms with E-state index in [2.05, 4.69) is 15.2 Å². The van der Waals surface area contributed by atoms with Crippen LogP contribution >= 0.6 is 11.6 Å².